The van der Waals surface area contributed by atoms with Gasteiger partial charge in [-0.1, -0.05) is 32.9 Å². The van der Waals surface area contributed by atoms with Crippen LogP contribution in [0.4, 0.5) is 4.39 Å². The van der Waals surface area contributed by atoms with E-state index in [-0.39, 0.29) is 10.9 Å². The Morgan fingerprint density at radius 2 is 1.81 bits per heavy atom. The average molecular weight is 310 g/mol. The van der Waals surface area contributed by atoms with E-state index in [1.54, 1.807) is 6.07 Å². The summed E-state index contributed by atoms with van der Waals surface area (Å²) in [5.74, 6) is 0.257. The van der Waals surface area contributed by atoms with Crippen molar-refractivity contribution < 1.29 is 8.82 Å². The van der Waals surface area contributed by atoms with Crippen LogP contribution in [0.25, 0.3) is 0 Å². The monoisotopic (exact) mass is 309 g/mol. The zero-order valence-corrected chi connectivity index (χ0v) is 15.0. The summed E-state index contributed by atoms with van der Waals surface area (Å²) in [7, 11) is -2.00. The lowest BCUT2D eigenvalue weighted by Gasteiger charge is -2.36. The summed E-state index contributed by atoms with van der Waals surface area (Å²) >= 11 is 0. The molecule has 2 nitrogen and oxygen atoms in total. The second kappa shape index (κ2) is 6.09. The molecule has 1 aliphatic heterocycles. The minimum atomic E-state index is -2.00. The van der Waals surface area contributed by atoms with Crippen LogP contribution in [0.1, 0.15) is 39.2 Å². The molecule has 0 N–H and O–H groups in total. The zero-order chi connectivity index (χ0) is 15.7. The molecule has 1 fully saturated rings. The van der Waals surface area contributed by atoms with Gasteiger partial charge in [0.1, 0.15) is 5.75 Å². The first kappa shape index (κ1) is 16.5. The summed E-state index contributed by atoms with van der Waals surface area (Å²) in [4.78, 5) is 2.31. The number of hydrogen-bond acceptors (Lipinski definition) is 2. The standard InChI is InChI=1S/C17H28FNOSi/c1-17(2,3)21(4,5)20-15-10-8-9-14(16(15)18)13-19-11-6-7-12-19/h8-10H,6-7,11-13H2,1-5H3. The molecule has 0 radical (unpaired) electrons. The third-order valence-corrected chi connectivity index (χ3v) is 9.15. The Morgan fingerprint density at radius 3 is 2.38 bits per heavy atom. The van der Waals surface area contributed by atoms with Crippen LogP contribution in [-0.2, 0) is 6.54 Å². The summed E-state index contributed by atoms with van der Waals surface area (Å²) in [6, 6.07) is 5.56. The molecule has 2 rings (SSSR count). The topological polar surface area (TPSA) is 12.5 Å². The quantitative estimate of drug-likeness (QED) is 0.740. The van der Waals surface area contributed by atoms with Crippen LogP contribution in [-0.4, -0.2) is 26.3 Å². The third-order valence-electron chi connectivity index (χ3n) is 4.81. The van der Waals surface area contributed by atoms with E-state index in [9.17, 15) is 4.39 Å². The lowest BCUT2D eigenvalue weighted by atomic mass is 10.2. The summed E-state index contributed by atoms with van der Waals surface area (Å²) in [5.41, 5.74) is 0.758. The Balaban J connectivity index is 2.17. The van der Waals surface area contributed by atoms with E-state index < -0.39 is 8.32 Å². The number of benzene rings is 1. The Kier molecular flexibility index (Phi) is 4.78. The van der Waals surface area contributed by atoms with E-state index >= 15 is 0 Å². The summed E-state index contributed by atoms with van der Waals surface area (Å²) in [5, 5.41) is 0.0738. The van der Waals surface area contributed by atoms with Crippen molar-refractivity contribution >= 4 is 8.32 Å². The predicted molar refractivity (Wildman–Crippen MR) is 88.7 cm³/mol. The van der Waals surface area contributed by atoms with Crippen molar-refractivity contribution in [3.8, 4) is 5.75 Å². The molecule has 1 aromatic rings. The number of likely N-dealkylation sites (tertiary alicyclic amines) is 1. The lowest BCUT2D eigenvalue weighted by Crippen LogP contribution is -2.44. The van der Waals surface area contributed by atoms with E-state index in [4.69, 9.17) is 4.43 Å². The first-order valence-electron chi connectivity index (χ1n) is 7.89. The Bertz CT molecular complexity index is 490. The smallest absolute Gasteiger partial charge is 0.250 e. The highest BCUT2D eigenvalue weighted by atomic mass is 28.4. The van der Waals surface area contributed by atoms with Gasteiger partial charge in [-0.25, -0.2) is 4.39 Å². The first-order chi connectivity index (χ1) is 9.71. The van der Waals surface area contributed by atoms with Crippen molar-refractivity contribution in [2.45, 2.75) is 58.3 Å². The molecule has 0 saturated carbocycles. The van der Waals surface area contributed by atoms with Gasteiger partial charge in [-0.05, 0) is 50.1 Å². The average Bonchev–Trinajstić information content (AvgIpc) is 2.85. The van der Waals surface area contributed by atoms with E-state index in [1.165, 1.54) is 12.8 Å². The van der Waals surface area contributed by atoms with Gasteiger partial charge in [0.25, 0.3) is 8.32 Å². The van der Waals surface area contributed by atoms with Gasteiger partial charge in [-0.15, -0.1) is 0 Å². The highest BCUT2D eigenvalue weighted by molar-refractivity contribution is 6.74. The summed E-state index contributed by atoms with van der Waals surface area (Å²) in [6.45, 7) is 13.7. The minimum Gasteiger partial charge on any atom is -0.542 e. The molecule has 118 valence electrons. The molecule has 0 unspecified atom stereocenters. The zero-order valence-electron chi connectivity index (χ0n) is 14.0. The second-order valence-corrected chi connectivity index (χ2v) is 12.3. The van der Waals surface area contributed by atoms with E-state index in [0.29, 0.717) is 12.3 Å². The van der Waals surface area contributed by atoms with Gasteiger partial charge in [0, 0.05) is 12.1 Å². The molecule has 0 aromatic heterocycles. The fraction of sp³-hybridized carbons (Fsp3) is 0.647. The molecular formula is C17H28FNOSi. The molecule has 21 heavy (non-hydrogen) atoms. The molecule has 0 amide bonds. The van der Waals surface area contributed by atoms with Crippen molar-refractivity contribution in [1.29, 1.82) is 0 Å². The Hall–Kier alpha value is -0.873. The van der Waals surface area contributed by atoms with Crippen molar-refractivity contribution in [3.05, 3.63) is 29.6 Å². The van der Waals surface area contributed by atoms with Crippen LogP contribution in [0.15, 0.2) is 18.2 Å². The van der Waals surface area contributed by atoms with Crippen LogP contribution in [0.3, 0.4) is 0 Å². The fourth-order valence-electron chi connectivity index (χ4n) is 2.37. The maximum Gasteiger partial charge on any atom is 0.250 e. The van der Waals surface area contributed by atoms with Gasteiger partial charge in [-0.3, -0.25) is 4.90 Å². The molecule has 1 saturated heterocycles. The maximum absolute atomic E-state index is 14.7. The molecular weight excluding hydrogens is 281 g/mol. The Labute approximate surface area is 129 Å². The van der Waals surface area contributed by atoms with Crippen LogP contribution in [0.5, 0.6) is 5.75 Å². The summed E-state index contributed by atoms with van der Waals surface area (Å²) < 4.78 is 20.9. The van der Waals surface area contributed by atoms with Gasteiger partial charge >= 0.3 is 0 Å². The normalized spacial score (nSPS) is 17.2. The lowest BCUT2D eigenvalue weighted by molar-refractivity contribution is 0.323. The van der Waals surface area contributed by atoms with Crippen molar-refractivity contribution in [2.75, 3.05) is 13.1 Å². The number of rotatable bonds is 4. The molecule has 4 heteroatoms. The molecule has 1 aromatic carbocycles. The van der Waals surface area contributed by atoms with Crippen LogP contribution in [0.2, 0.25) is 18.1 Å². The van der Waals surface area contributed by atoms with Crippen molar-refractivity contribution in [3.63, 3.8) is 0 Å². The van der Waals surface area contributed by atoms with E-state index in [2.05, 4.69) is 38.8 Å². The molecule has 0 aliphatic carbocycles. The van der Waals surface area contributed by atoms with Gasteiger partial charge in [0.05, 0.1) is 0 Å². The molecule has 0 spiro atoms. The van der Waals surface area contributed by atoms with Crippen LogP contribution in [0, 0.1) is 5.82 Å². The third kappa shape index (κ3) is 3.86. The van der Waals surface area contributed by atoms with Crippen LogP contribution < -0.4 is 4.43 Å². The number of halogens is 1. The maximum atomic E-state index is 14.7. The van der Waals surface area contributed by atoms with Gasteiger partial charge in [0.2, 0.25) is 0 Å². The number of hydrogen-bond donors (Lipinski definition) is 0. The molecule has 0 bridgehead atoms. The SMILES string of the molecule is CC(C)(C)[Si](C)(C)Oc1cccc(CN2CCCC2)c1F. The highest BCUT2D eigenvalue weighted by Crippen LogP contribution is 2.38. The first-order valence-corrected chi connectivity index (χ1v) is 10.8. The van der Waals surface area contributed by atoms with Gasteiger partial charge in [-0.2, -0.15) is 0 Å². The fourth-order valence-corrected chi connectivity index (χ4v) is 3.38. The van der Waals surface area contributed by atoms with Gasteiger partial charge in [0.15, 0.2) is 5.82 Å². The summed E-state index contributed by atoms with van der Waals surface area (Å²) in [6.07, 6.45) is 2.45. The highest BCUT2D eigenvalue weighted by Gasteiger charge is 2.39. The van der Waals surface area contributed by atoms with Gasteiger partial charge < -0.3 is 4.43 Å². The molecule has 1 heterocycles. The van der Waals surface area contributed by atoms with E-state index in [1.807, 2.05) is 12.1 Å². The predicted octanol–water partition coefficient (Wildman–Crippen LogP) is 4.81. The van der Waals surface area contributed by atoms with Crippen molar-refractivity contribution in [2.24, 2.45) is 0 Å². The molecule has 1 aliphatic rings. The molecule has 0 atom stereocenters. The van der Waals surface area contributed by atoms with Crippen LogP contribution >= 0.6 is 0 Å². The van der Waals surface area contributed by atoms with Crippen molar-refractivity contribution in [1.82, 2.24) is 4.90 Å². The van der Waals surface area contributed by atoms with E-state index in [0.717, 1.165) is 18.7 Å². The Morgan fingerprint density at radius 1 is 1.19 bits per heavy atom. The number of nitrogens with zero attached hydrogens (tertiary/aromatic N) is 1. The largest absolute Gasteiger partial charge is 0.542 e. The second-order valence-electron chi connectivity index (χ2n) is 7.57. The minimum absolute atomic E-state index is 0.0738.